The molecule has 0 aromatic heterocycles. The van der Waals surface area contributed by atoms with Crippen molar-refractivity contribution in [2.75, 3.05) is 5.32 Å². The summed E-state index contributed by atoms with van der Waals surface area (Å²) < 4.78 is 27.2. The second kappa shape index (κ2) is 6.41. The second-order valence-corrected chi connectivity index (χ2v) is 5.47. The SMILES string of the molecule is O=C(O)C(Nc1ccc(Cl)c(Br)c1)c1ccc(F)cc1F. The Morgan fingerprint density at radius 1 is 1.24 bits per heavy atom. The van der Waals surface area contributed by atoms with Crippen molar-refractivity contribution in [3.63, 3.8) is 0 Å². The molecule has 21 heavy (non-hydrogen) atoms. The molecule has 0 radical (unpaired) electrons. The fourth-order valence-corrected chi connectivity index (χ4v) is 2.26. The summed E-state index contributed by atoms with van der Waals surface area (Å²) in [7, 11) is 0. The van der Waals surface area contributed by atoms with Crippen molar-refractivity contribution in [3.8, 4) is 0 Å². The van der Waals surface area contributed by atoms with Crippen molar-refractivity contribution in [2.24, 2.45) is 0 Å². The van der Waals surface area contributed by atoms with Gasteiger partial charge in [0.1, 0.15) is 11.6 Å². The predicted molar refractivity (Wildman–Crippen MR) is 79.5 cm³/mol. The zero-order valence-electron chi connectivity index (χ0n) is 10.4. The largest absolute Gasteiger partial charge is 0.479 e. The molecule has 2 rings (SSSR count). The van der Waals surface area contributed by atoms with Crippen molar-refractivity contribution in [1.82, 2.24) is 0 Å². The van der Waals surface area contributed by atoms with Gasteiger partial charge in [-0.1, -0.05) is 17.7 Å². The number of hydrogen-bond acceptors (Lipinski definition) is 2. The molecule has 0 spiro atoms. The van der Waals surface area contributed by atoms with E-state index in [1.54, 1.807) is 18.2 Å². The average Bonchev–Trinajstić information content (AvgIpc) is 2.40. The number of benzene rings is 2. The number of carboxylic acid groups (broad SMARTS) is 1. The van der Waals surface area contributed by atoms with E-state index in [0.29, 0.717) is 21.2 Å². The Balaban J connectivity index is 2.35. The topological polar surface area (TPSA) is 49.3 Å². The monoisotopic (exact) mass is 375 g/mol. The number of carbonyl (C=O) groups is 1. The van der Waals surface area contributed by atoms with Crippen LogP contribution < -0.4 is 5.32 Å². The van der Waals surface area contributed by atoms with Gasteiger partial charge in [-0.25, -0.2) is 13.6 Å². The minimum absolute atomic E-state index is 0.157. The Kier molecular flexibility index (Phi) is 4.80. The molecule has 7 heteroatoms. The number of anilines is 1. The number of halogens is 4. The van der Waals surface area contributed by atoms with Crippen molar-refractivity contribution in [1.29, 1.82) is 0 Å². The molecule has 0 aliphatic carbocycles. The van der Waals surface area contributed by atoms with Crippen molar-refractivity contribution >= 4 is 39.2 Å². The minimum Gasteiger partial charge on any atom is -0.479 e. The quantitative estimate of drug-likeness (QED) is 0.819. The Hall–Kier alpha value is -1.66. The minimum atomic E-state index is -1.35. The molecule has 3 nitrogen and oxygen atoms in total. The molecule has 1 unspecified atom stereocenters. The molecule has 2 aromatic carbocycles. The van der Waals surface area contributed by atoms with E-state index in [9.17, 15) is 18.7 Å². The van der Waals surface area contributed by atoms with Crippen LogP contribution in [0.4, 0.5) is 14.5 Å². The van der Waals surface area contributed by atoms with Gasteiger partial charge in [0.25, 0.3) is 0 Å². The van der Waals surface area contributed by atoms with Crippen molar-refractivity contribution < 1.29 is 18.7 Å². The van der Waals surface area contributed by atoms with Crippen LogP contribution in [-0.4, -0.2) is 11.1 Å². The lowest BCUT2D eigenvalue weighted by Crippen LogP contribution is -2.21. The van der Waals surface area contributed by atoms with Crippen LogP contribution >= 0.6 is 27.5 Å². The molecule has 0 heterocycles. The van der Waals surface area contributed by atoms with E-state index < -0.39 is 23.6 Å². The summed E-state index contributed by atoms with van der Waals surface area (Å²) in [5.74, 6) is -2.98. The van der Waals surface area contributed by atoms with E-state index in [2.05, 4.69) is 21.2 Å². The summed E-state index contributed by atoms with van der Waals surface area (Å²) in [6.45, 7) is 0. The first-order valence-corrected chi connectivity index (χ1v) is 6.95. The van der Waals surface area contributed by atoms with Crippen LogP contribution in [0.2, 0.25) is 5.02 Å². The maximum Gasteiger partial charge on any atom is 0.330 e. The Bertz CT molecular complexity index is 697. The molecule has 0 saturated carbocycles. The second-order valence-electron chi connectivity index (χ2n) is 4.21. The van der Waals surface area contributed by atoms with Gasteiger partial charge < -0.3 is 10.4 Å². The number of carboxylic acids is 1. The highest BCUT2D eigenvalue weighted by Crippen LogP contribution is 2.28. The van der Waals surface area contributed by atoms with Gasteiger partial charge in [0.15, 0.2) is 6.04 Å². The number of aliphatic carboxylic acids is 1. The summed E-state index contributed by atoms with van der Waals surface area (Å²) in [5.41, 5.74) is 0.275. The summed E-state index contributed by atoms with van der Waals surface area (Å²) in [6.07, 6.45) is 0. The third-order valence-electron chi connectivity index (χ3n) is 2.75. The number of hydrogen-bond donors (Lipinski definition) is 2. The highest BCUT2D eigenvalue weighted by Gasteiger charge is 2.23. The highest BCUT2D eigenvalue weighted by atomic mass is 79.9. The van der Waals surface area contributed by atoms with Crippen LogP contribution in [0.15, 0.2) is 40.9 Å². The number of rotatable bonds is 4. The molecule has 0 aliphatic rings. The fraction of sp³-hybridized carbons (Fsp3) is 0.0714. The smallest absolute Gasteiger partial charge is 0.330 e. The zero-order valence-corrected chi connectivity index (χ0v) is 12.8. The van der Waals surface area contributed by atoms with Gasteiger partial charge >= 0.3 is 5.97 Å². The maximum atomic E-state index is 13.7. The lowest BCUT2D eigenvalue weighted by Gasteiger charge is -2.17. The van der Waals surface area contributed by atoms with E-state index in [1.165, 1.54) is 0 Å². The predicted octanol–water partition coefficient (Wildman–Crippen LogP) is 4.62. The molecular weight excluding hydrogens is 368 g/mol. The molecule has 0 amide bonds. The average molecular weight is 377 g/mol. The Labute approximate surface area is 132 Å². The van der Waals surface area contributed by atoms with Gasteiger partial charge in [-0.3, -0.25) is 0 Å². The molecular formula is C14H9BrClF2NO2. The van der Waals surface area contributed by atoms with E-state index in [-0.39, 0.29) is 5.56 Å². The van der Waals surface area contributed by atoms with E-state index >= 15 is 0 Å². The first-order chi connectivity index (χ1) is 9.88. The molecule has 0 fully saturated rings. The Morgan fingerprint density at radius 2 is 1.95 bits per heavy atom. The molecule has 2 N–H and O–H groups in total. The first kappa shape index (κ1) is 15.7. The lowest BCUT2D eigenvalue weighted by atomic mass is 10.1. The van der Waals surface area contributed by atoms with Crippen LogP contribution in [0.3, 0.4) is 0 Å². The van der Waals surface area contributed by atoms with Crippen molar-refractivity contribution in [2.45, 2.75) is 6.04 Å². The van der Waals surface area contributed by atoms with Crippen molar-refractivity contribution in [3.05, 3.63) is 63.1 Å². The fourth-order valence-electron chi connectivity index (χ4n) is 1.76. The van der Waals surface area contributed by atoms with Crippen LogP contribution in [0.1, 0.15) is 11.6 Å². The van der Waals surface area contributed by atoms with Gasteiger partial charge in [0.2, 0.25) is 0 Å². The van der Waals surface area contributed by atoms with Crippen LogP contribution in [0.25, 0.3) is 0 Å². The van der Waals surface area contributed by atoms with Crippen LogP contribution in [0, 0.1) is 11.6 Å². The summed E-state index contributed by atoms with van der Waals surface area (Å²) >= 11 is 9.06. The Morgan fingerprint density at radius 3 is 2.52 bits per heavy atom. The molecule has 0 bridgehead atoms. The van der Waals surface area contributed by atoms with E-state index in [0.717, 1.165) is 12.1 Å². The van der Waals surface area contributed by atoms with E-state index in [4.69, 9.17) is 11.6 Å². The van der Waals surface area contributed by atoms with Gasteiger partial charge in [-0.05, 0) is 40.2 Å². The standard InChI is InChI=1S/C14H9BrClF2NO2/c15-10-6-8(2-4-11(10)16)19-13(14(20)21)9-3-1-7(17)5-12(9)18/h1-6,13,19H,(H,20,21). The molecule has 110 valence electrons. The van der Waals surface area contributed by atoms with Gasteiger partial charge in [0.05, 0.1) is 5.02 Å². The normalized spacial score (nSPS) is 12.0. The number of nitrogens with one attached hydrogen (secondary N) is 1. The van der Waals surface area contributed by atoms with Gasteiger partial charge in [0, 0.05) is 21.8 Å². The molecule has 0 saturated heterocycles. The highest BCUT2D eigenvalue weighted by molar-refractivity contribution is 9.10. The summed E-state index contributed by atoms with van der Waals surface area (Å²) in [4.78, 5) is 11.3. The van der Waals surface area contributed by atoms with Crippen LogP contribution in [0.5, 0.6) is 0 Å². The maximum absolute atomic E-state index is 13.7. The third-order valence-corrected chi connectivity index (χ3v) is 3.97. The van der Waals surface area contributed by atoms with Gasteiger partial charge in [-0.15, -0.1) is 0 Å². The summed E-state index contributed by atoms with van der Waals surface area (Å²) in [6, 6.07) is 6.09. The summed E-state index contributed by atoms with van der Waals surface area (Å²) in [5, 5.41) is 12.4. The third kappa shape index (κ3) is 3.71. The van der Waals surface area contributed by atoms with E-state index in [1.807, 2.05) is 0 Å². The zero-order chi connectivity index (χ0) is 15.6. The molecule has 1 atom stereocenters. The van der Waals surface area contributed by atoms with Crippen LogP contribution in [-0.2, 0) is 4.79 Å². The first-order valence-electron chi connectivity index (χ1n) is 5.78. The van der Waals surface area contributed by atoms with Gasteiger partial charge in [-0.2, -0.15) is 0 Å². The molecule has 2 aromatic rings. The lowest BCUT2D eigenvalue weighted by molar-refractivity contribution is -0.138. The molecule has 0 aliphatic heterocycles.